The van der Waals surface area contributed by atoms with Crippen LogP contribution in [0.5, 0.6) is 0 Å². The van der Waals surface area contributed by atoms with E-state index in [0.29, 0.717) is 13.1 Å². The van der Waals surface area contributed by atoms with Crippen molar-refractivity contribution in [2.24, 2.45) is 0 Å². The summed E-state index contributed by atoms with van der Waals surface area (Å²) < 4.78 is 0. The minimum atomic E-state index is -0.667. The van der Waals surface area contributed by atoms with Crippen LogP contribution in [0.2, 0.25) is 0 Å². The number of carbonyl (C=O) groups excluding carboxylic acids is 1. The van der Waals surface area contributed by atoms with E-state index >= 15 is 0 Å². The number of benzene rings is 1. The minimum absolute atomic E-state index is 0.224. The van der Waals surface area contributed by atoms with Crippen LogP contribution in [0, 0.1) is 6.92 Å². The zero-order valence-electron chi connectivity index (χ0n) is 10.7. The van der Waals surface area contributed by atoms with Gasteiger partial charge in [-0.15, -0.1) is 0 Å². The number of urea groups is 1. The maximum absolute atomic E-state index is 11.6. The molecule has 0 atom stereocenters. The highest BCUT2D eigenvalue weighted by Gasteiger charge is 2.34. The van der Waals surface area contributed by atoms with Crippen LogP contribution in [-0.4, -0.2) is 23.3 Å². The molecule has 0 aromatic heterocycles. The van der Waals surface area contributed by atoms with E-state index < -0.39 is 5.60 Å². The van der Waals surface area contributed by atoms with E-state index in [4.69, 9.17) is 0 Å². The molecule has 2 rings (SSSR count). The highest BCUT2D eigenvalue weighted by molar-refractivity contribution is 5.73. The predicted molar refractivity (Wildman–Crippen MR) is 70.2 cm³/mol. The van der Waals surface area contributed by atoms with E-state index in [1.165, 1.54) is 0 Å². The summed E-state index contributed by atoms with van der Waals surface area (Å²) >= 11 is 0. The van der Waals surface area contributed by atoms with Crippen LogP contribution in [0.1, 0.15) is 30.4 Å². The molecule has 1 aromatic rings. The summed E-state index contributed by atoms with van der Waals surface area (Å²) in [6.07, 6.45) is 2.61. The fraction of sp³-hybridized carbons (Fsp3) is 0.500. The molecular formula is C14H20N2O2. The fourth-order valence-electron chi connectivity index (χ4n) is 2.05. The van der Waals surface area contributed by atoms with Crippen molar-refractivity contribution in [3.8, 4) is 0 Å². The molecule has 0 saturated heterocycles. The van der Waals surface area contributed by atoms with E-state index in [-0.39, 0.29) is 6.03 Å². The van der Waals surface area contributed by atoms with Gasteiger partial charge >= 0.3 is 6.03 Å². The molecule has 0 radical (unpaired) electrons. The Morgan fingerprint density at radius 1 is 1.33 bits per heavy atom. The standard InChI is InChI=1S/C14H20N2O2/c1-11-5-2-3-6-12(11)9-15-13(17)16-10-14(18)7-4-8-14/h2-3,5-6,18H,4,7-10H2,1H3,(H2,15,16,17). The second-order valence-corrected chi connectivity index (χ2v) is 5.04. The molecule has 0 heterocycles. The van der Waals surface area contributed by atoms with Gasteiger partial charge in [0.1, 0.15) is 0 Å². The Morgan fingerprint density at radius 3 is 2.67 bits per heavy atom. The Balaban J connectivity index is 1.73. The van der Waals surface area contributed by atoms with Crippen LogP contribution < -0.4 is 10.6 Å². The van der Waals surface area contributed by atoms with Crippen LogP contribution in [0.3, 0.4) is 0 Å². The molecule has 1 aromatic carbocycles. The van der Waals surface area contributed by atoms with Crippen molar-refractivity contribution in [1.82, 2.24) is 10.6 Å². The lowest BCUT2D eigenvalue weighted by Crippen LogP contribution is -2.50. The summed E-state index contributed by atoms with van der Waals surface area (Å²) in [6, 6.07) is 7.73. The smallest absolute Gasteiger partial charge is 0.315 e. The molecule has 2 amide bonds. The maximum Gasteiger partial charge on any atom is 0.315 e. The Kier molecular flexibility index (Phi) is 3.87. The second-order valence-electron chi connectivity index (χ2n) is 5.04. The van der Waals surface area contributed by atoms with Crippen molar-refractivity contribution in [3.05, 3.63) is 35.4 Å². The lowest BCUT2D eigenvalue weighted by Gasteiger charge is -2.36. The van der Waals surface area contributed by atoms with Gasteiger partial charge in [-0.2, -0.15) is 0 Å². The van der Waals surface area contributed by atoms with Crippen LogP contribution in [0.25, 0.3) is 0 Å². The van der Waals surface area contributed by atoms with Crippen molar-refractivity contribution in [3.63, 3.8) is 0 Å². The van der Waals surface area contributed by atoms with E-state index in [1.807, 2.05) is 31.2 Å². The molecule has 1 aliphatic rings. The normalized spacial score (nSPS) is 16.8. The van der Waals surface area contributed by atoms with E-state index in [1.54, 1.807) is 0 Å². The lowest BCUT2D eigenvalue weighted by molar-refractivity contribution is -0.0290. The molecule has 98 valence electrons. The van der Waals surface area contributed by atoms with Crippen LogP contribution in [0.4, 0.5) is 4.79 Å². The lowest BCUT2D eigenvalue weighted by atomic mass is 9.80. The molecule has 0 unspecified atom stereocenters. The van der Waals surface area contributed by atoms with Gasteiger partial charge in [0.15, 0.2) is 0 Å². The highest BCUT2D eigenvalue weighted by Crippen LogP contribution is 2.30. The molecule has 0 spiro atoms. The van der Waals surface area contributed by atoms with Crippen LogP contribution in [0.15, 0.2) is 24.3 Å². The van der Waals surface area contributed by atoms with Gasteiger partial charge in [-0.25, -0.2) is 4.79 Å². The summed E-state index contributed by atoms with van der Waals surface area (Å²) in [6.45, 7) is 2.87. The summed E-state index contributed by atoms with van der Waals surface area (Å²) in [4.78, 5) is 11.6. The third-order valence-corrected chi connectivity index (χ3v) is 3.56. The average Bonchev–Trinajstić information content (AvgIpc) is 2.33. The largest absolute Gasteiger partial charge is 0.388 e. The number of hydrogen-bond acceptors (Lipinski definition) is 2. The first-order chi connectivity index (χ1) is 8.59. The predicted octanol–water partition coefficient (Wildman–Crippen LogP) is 1.71. The highest BCUT2D eigenvalue weighted by atomic mass is 16.3. The Labute approximate surface area is 107 Å². The van der Waals surface area contributed by atoms with Gasteiger partial charge < -0.3 is 15.7 Å². The molecule has 1 saturated carbocycles. The molecule has 4 nitrogen and oxygen atoms in total. The monoisotopic (exact) mass is 248 g/mol. The molecule has 0 aliphatic heterocycles. The summed E-state index contributed by atoms with van der Waals surface area (Å²) in [7, 11) is 0. The molecule has 3 N–H and O–H groups in total. The number of rotatable bonds is 4. The van der Waals surface area contributed by atoms with Gasteiger partial charge in [0.2, 0.25) is 0 Å². The minimum Gasteiger partial charge on any atom is -0.388 e. The van der Waals surface area contributed by atoms with Crippen LogP contribution >= 0.6 is 0 Å². The van der Waals surface area contributed by atoms with Gasteiger partial charge in [0.05, 0.1) is 5.60 Å². The quantitative estimate of drug-likeness (QED) is 0.759. The van der Waals surface area contributed by atoms with Gasteiger partial charge in [0, 0.05) is 13.1 Å². The SMILES string of the molecule is Cc1ccccc1CNC(=O)NCC1(O)CCC1. The van der Waals surface area contributed by atoms with E-state index in [0.717, 1.165) is 30.4 Å². The summed E-state index contributed by atoms with van der Waals surface area (Å²) in [5.41, 5.74) is 1.60. The van der Waals surface area contributed by atoms with Crippen molar-refractivity contribution in [2.45, 2.75) is 38.3 Å². The summed E-state index contributed by atoms with van der Waals surface area (Å²) in [5, 5.41) is 15.4. The second kappa shape index (κ2) is 5.40. The summed E-state index contributed by atoms with van der Waals surface area (Å²) in [5.74, 6) is 0. The Hall–Kier alpha value is -1.55. The topological polar surface area (TPSA) is 61.4 Å². The van der Waals surface area contributed by atoms with Gasteiger partial charge in [-0.05, 0) is 37.3 Å². The van der Waals surface area contributed by atoms with Crippen molar-refractivity contribution in [2.75, 3.05) is 6.54 Å². The first-order valence-corrected chi connectivity index (χ1v) is 6.38. The van der Waals surface area contributed by atoms with Crippen LogP contribution in [-0.2, 0) is 6.54 Å². The third kappa shape index (κ3) is 3.23. The van der Waals surface area contributed by atoms with E-state index in [9.17, 15) is 9.90 Å². The number of carbonyl (C=O) groups is 1. The third-order valence-electron chi connectivity index (χ3n) is 3.56. The van der Waals surface area contributed by atoms with Crippen molar-refractivity contribution in [1.29, 1.82) is 0 Å². The number of aryl methyl sites for hydroxylation is 1. The van der Waals surface area contributed by atoms with Crippen molar-refractivity contribution < 1.29 is 9.90 Å². The molecule has 0 bridgehead atoms. The number of hydrogen-bond donors (Lipinski definition) is 3. The first-order valence-electron chi connectivity index (χ1n) is 6.38. The number of amides is 2. The average molecular weight is 248 g/mol. The van der Waals surface area contributed by atoms with E-state index in [2.05, 4.69) is 10.6 Å². The molecule has 1 fully saturated rings. The zero-order valence-corrected chi connectivity index (χ0v) is 10.7. The van der Waals surface area contributed by atoms with Gasteiger partial charge in [-0.3, -0.25) is 0 Å². The number of aliphatic hydroxyl groups is 1. The van der Waals surface area contributed by atoms with Gasteiger partial charge in [-0.1, -0.05) is 24.3 Å². The molecule has 1 aliphatic carbocycles. The zero-order chi connectivity index (χ0) is 13.0. The Morgan fingerprint density at radius 2 is 2.06 bits per heavy atom. The van der Waals surface area contributed by atoms with Crippen molar-refractivity contribution >= 4 is 6.03 Å². The fourth-order valence-corrected chi connectivity index (χ4v) is 2.05. The molecule has 4 heteroatoms. The maximum atomic E-state index is 11.6. The number of nitrogens with one attached hydrogen (secondary N) is 2. The molecule has 18 heavy (non-hydrogen) atoms. The first kappa shape index (κ1) is 12.9. The molecular weight excluding hydrogens is 228 g/mol. The Bertz CT molecular complexity index is 428. The van der Waals surface area contributed by atoms with Gasteiger partial charge in [0.25, 0.3) is 0 Å².